The zero-order valence-electron chi connectivity index (χ0n) is 22.5. The van der Waals surface area contributed by atoms with Crippen LogP contribution in [0.4, 0.5) is 29.0 Å². The fraction of sp³-hybridized carbons (Fsp3) is 0.290. The molecule has 7 heteroatoms. The summed E-state index contributed by atoms with van der Waals surface area (Å²) in [6.45, 7) is 6.12. The first kappa shape index (κ1) is 25.4. The minimum Gasteiger partial charge on any atom is -0.489 e. The Morgan fingerprint density at radius 3 is 2.50 bits per heavy atom. The Hall–Kier alpha value is -4.26. The topological polar surface area (TPSA) is 56.8 Å². The molecule has 2 aliphatic rings. The maximum atomic E-state index is 6.10. The number of rotatable bonds is 8. The third-order valence-corrected chi connectivity index (χ3v) is 6.68. The largest absolute Gasteiger partial charge is 0.489 e. The second-order valence-corrected chi connectivity index (χ2v) is 9.86. The Bertz CT molecular complexity index is 1320. The van der Waals surface area contributed by atoms with Crippen molar-refractivity contribution in [3.05, 3.63) is 96.1 Å². The van der Waals surface area contributed by atoms with Crippen LogP contribution in [0.2, 0.25) is 0 Å². The van der Waals surface area contributed by atoms with Crippen LogP contribution in [0.1, 0.15) is 12.0 Å². The van der Waals surface area contributed by atoms with E-state index < -0.39 is 0 Å². The first-order valence-corrected chi connectivity index (χ1v) is 13.2. The van der Waals surface area contributed by atoms with Gasteiger partial charge in [-0.1, -0.05) is 54.1 Å². The van der Waals surface area contributed by atoms with Crippen molar-refractivity contribution in [1.29, 1.82) is 0 Å². The molecule has 1 aliphatic heterocycles. The summed E-state index contributed by atoms with van der Waals surface area (Å²) < 4.78 is 6.10. The summed E-state index contributed by atoms with van der Waals surface area (Å²) in [4.78, 5) is 16.4. The molecular formula is C31H36N6O. The number of aromatic nitrogens is 2. The second kappa shape index (κ2) is 11.9. The van der Waals surface area contributed by atoms with Gasteiger partial charge in [-0.3, -0.25) is 0 Å². The van der Waals surface area contributed by atoms with E-state index in [-0.39, 0.29) is 0 Å². The van der Waals surface area contributed by atoms with E-state index in [9.17, 15) is 0 Å². The van der Waals surface area contributed by atoms with Crippen LogP contribution in [0, 0.1) is 6.92 Å². The lowest BCUT2D eigenvalue weighted by atomic mass is 10.2. The lowest BCUT2D eigenvalue weighted by molar-refractivity contribution is 0.355. The number of hydrogen-bond donors (Lipinski definition) is 1. The Morgan fingerprint density at radius 2 is 1.71 bits per heavy atom. The molecule has 0 spiro atoms. The molecule has 1 aliphatic carbocycles. The molecule has 0 saturated carbocycles. The van der Waals surface area contributed by atoms with Crippen LogP contribution in [0.15, 0.2) is 90.6 Å². The monoisotopic (exact) mass is 508 g/mol. The van der Waals surface area contributed by atoms with Gasteiger partial charge in [0.15, 0.2) is 0 Å². The summed E-state index contributed by atoms with van der Waals surface area (Å²) in [5, 5.41) is 3.45. The van der Waals surface area contributed by atoms with Gasteiger partial charge in [-0.15, -0.1) is 0 Å². The summed E-state index contributed by atoms with van der Waals surface area (Å²) in [5.41, 5.74) is 4.60. The molecule has 7 nitrogen and oxygen atoms in total. The molecule has 2 aromatic carbocycles. The standard InChI is InChI=1S/C31H36N6O/c1-24-13-15-26(16-14-24)32-29-22-30(35(2)3)34-31(33-29)37-19-17-36(18-20-37)27-11-8-12-28(21-27)38-23-25-9-6-4-5-7-10-25/h4,6-16,21-22H,5,17-20,23H2,1-3H3,(H,32,33,34). The minimum atomic E-state index is 0.566. The van der Waals surface area contributed by atoms with Crippen molar-refractivity contribution in [2.75, 3.05) is 66.9 Å². The van der Waals surface area contributed by atoms with Gasteiger partial charge >= 0.3 is 0 Å². The van der Waals surface area contributed by atoms with Crippen molar-refractivity contribution in [2.45, 2.75) is 13.3 Å². The highest BCUT2D eigenvalue weighted by atomic mass is 16.5. The molecule has 3 aromatic rings. The minimum absolute atomic E-state index is 0.566. The van der Waals surface area contributed by atoms with Gasteiger partial charge in [-0.05, 0) is 43.2 Å². The van der Waals surface area contributed by atoms with E-state index in [0.29, 0.717) is 6.61 Å². The summed E-state index contributed by atoms with van der Waals surface area (Å²) in [7, 11) is 4.02. The van der Waals surface area contributed by atoms with Gasteiger partial charge in [0.1, 0.15) is 24.0 Å². The summed E-state index contributed by atoms with van der Waals surface area (Å²) in [6.07, 6.45) is 11.6. The Labute approximate surface area is 225 Å². The molecule has 196 valence electrons. The van der Waals surface area contributed by atoms with Crippen LogP contribution in [0.25, 0.3) is 0 Å². The molecule has 38 heavy (non-hydrogen) atoms. The Balaban J connectivity index is 1.24. The van der Waals surface area contributed by atoms with Crippen LogP contribution >= 0.6 is 0 Å². The van der Waals surface area contributed by atoms with Gasteiger partial charge in [0.2, 0.25) is 5.95 Å². The van der Waals surface area contributed by atoms with E-state index in [0.717, 1.165) is 61.6 Å². The molecule has 1 aromatic heterocycles. The predicted molar refractivity (Wildman–Crippen MR) is 158 cm³/mol. The van der Waals surface area contributed by atoms with Gasteiger partial charge in [0, 0.05) is 63.8 Å². The van der Waals surface area contributed by atoms with Crippen LogP contribution in [-0.4, -0.2) is 56.8 Å². The SMILES string of the molecule is Cc1ccc(Nc2cc(N(C)C)nc(N3CCN(c4cccc(OCC5=CC=CCC=C5)c4)CC3)n2)cc1. The molecule has 0 amide bonds. The third-order valence-electron chi connectivity index (χ3n) is 6.68. The van der Waals surface area contributed by atoms with Gasteiger partial charge < -0.3 is 24.8 Å². The summed E-state index contributed by atoms with van der Waals surface area (Å²) in [6, 6.07) is 18.7. The van der Waals surface area contributed by atoms with Crippen LogP contribution in [0.3, 0.4) is 0 Å². The molecule has 5 rings (SSSR count). The molecule has 0 atom stereocenters. The van der Waals surface area contributed by atoms with Crippen molar-refractivity contribution in [2.24, 2.45) is 0 Å². The van der Waals surface area contributed by atoms with Gasteiger partial charge in [-0.25, -0.2) is 0 Å². The molecule has 2 heterocycles. The number of piperazine rings is 1. The second-order valence-electron chi connectivity index (χ2n) is 9.86. The maximum absolute atomic E-state index is 6.10. The van der Waals surface area contributed by atoms with Crippen molar-refractivity contribution >= 4 is 29.0 Å². The fourth-order valence-corrected chi connectivity index (χ4v) is 4.46. The van der Waals surface area contributed by atoms with E-state index in [1.165, 1.54) is 16.8 Å². The predicted octanol–water partition coefficient (Wildman–Crippen LogP) is 5.74. The van der Waals surface area contributed by atoms with Gasteiger partial charge in [0.05, 0.1) is 0 Å². The van der Waals surface area contributed by atoms with E-state index in [1.54, 1.807) is 0 Å². The summed E-state index contributed by atoms with van der Waals surface area (Å²) in [5.74, 6) is 3.32. The smallest absolute Gasteiger partial charge is 0.229 e. The lowest BCUT2D eigenvalue weighted by Gasteiger charge is -2.36. The highest BCUT2D eigenvalue weighted by Crippen LogP contribution is 2.26. The lowest BCUT2D eigenvalue weighted by Crippen LogP contribution is -2.47. The van der Waals surface area contributed by atoms with Crippen molar-refractivity contribution in [3.8, 4) is 5.75 Å². The average Bonchev–Trinajstić information content (AvgIpc) is 3.22. The van der Waals surface area contributed by atoms with E-state index >= 15 is 0 Å². The van der Waals surface area contributed by atoms with Crippen molar-refractivity contribution in [1.82, 2.24) is 9.97 Å². The van der Waals surface area contributed by atoms with E-state index in [4.69, 9.17) is 14.7 Å². The maximum Gasteiger partial charge on any atom is 0.229 e. The number of nitrogens with one attached hydrogen (secondary N) is 1. The van der Waals surface area contributed by atoms with Gasteiger partial charge in [-0.2, -0.15) is 9.97 Å². The highest BCUT2D eigenvalue weighted by Gasteiger charge is 2.21. The quantitative estimate of drug-likeness (QED) is 0.416. The average molecular weight is 509 g/mol. The molecule has 0 unspecified atom stereocenters. The normalized spacial score (nSPS) is 15.2. The van der Waals surface area contributed by atoms with Crippen LogP contribution in [-0.2, 0) is 0 Å². The molecule has 0 radical (unpaired) electrons. The van der Waals surface area contributed by atoms with Crippen molar-refractivity contribution in [3.63, 3.8) is 0 Å². The Morgan fingerprint density at radius 1 is 0.921 bits per heavy atom. The first-order valence-electron chi connectivity index (χ1n) is 13.2. The number of nitrogens with zero attached hydrogens (tertiary/aromatic N) is 5. The van der Waals surface area contributed by atoms with Crippen LogP contribution < -0.4 is 24.8 Å². The highest BCUT2D eigenvalue weighted by molar-refractivity contribution is 5.62. The molecule has 1 N–H and O–H groups in total. The van der Waals surface area contributed by atoms with E-state index in [2.05, 4.69) is 94.9 Å². The first-order chi connectivity index (χ1) is 18.5. The summed E-state index contributed by atoms with van der Waals surface area (Å²) >= 11 is 0. The number of hydrogen-bond acceptors (Lipinski definition) is 7. The fourth-order valence-electron chi connectivity index (χ4n) is 4.46. The number of benzene rings is 2. The molecule has 1 saturated heterocycles. The Kier molecular flexibility index (Phi) is 7.92. The number of allylic oxidation sites excluding steroid dienone is 4. The third kappa shape index (κ3) is 6.54. The van der Waals surface area contributed by atoms with Gasteiger partial charge in [0.25, 0.3) is 0 Å². The number of aryl methyl sites for hydroxylation is 1. The van der Waals surface area contributed by atoms with E-state index in [1.807, 2.05) is 31.1 Å². The van der Waals surface area contributed by atoms with Crippen LogP contribution in [0.5, 0.6) is 5.75 Å². The molecular weight excluding hydrogens is 472 g/mol. The molecule has 0 bridgehead atoms. The zero-order chi connectivity index (χ0) is 26.3. The number of ether oxygens (including phenoxy) is 1. The molecule has 1 fully saturated rings. The van der Waals surface area contributed by atoms with Crippen molar-refractivity contribution < 1.29 is 4.74 Å². The number of anilines is 5. The zero-order valence-corrected chi connectivity index (χ0v) is 22.5.